The maximum absolute atomic E-state index is 5.75. The van der Waals surface area contributed by atoms with Crippen molar-refractivity contribution < 1.29 is 4.74 Å². The van der Waals surface area contributed by atoms with Crippen LogP contribution in [-0.2, 0) is 4.74 Å². The van der Waals surface area contributed by atoms with E-state index in [2.05, 4.69) is 18.7 Å². The fourth-order valence-corrected chi connectivity index (χ4v) is 3.03. The molecule has 1 saturated carbocycles. The van der Waals surface area contributed by atoms with E-state index in [1.165, 1.54) is 38.8 Å². The van der Waals surface area contributed by atoms with Gasteiger partial charge in [0.25, 0.3) is 0 Å². The van der Waals surface area contributed by atoms with Crippen LogP contribution in [0.4, 0.5) is 0 Å². The number of rotatable bonds is 4. The van der Waals surface area contributed by atoms with Crippen molar-refractivity contribution in [1.29, 1.82) is 0 Å². The highest BCUT2D eigenvalue weighted by atomic mass is 16.5. The lowest BCUT2D eigenvalue weighted by atomic mass is 9.94. The van der Waals surface area contributed by atoms with Gasteiger partial charge in [-0.15, -0.1) is 0 Å². The lowest BCUT2D eigenvalue weighted by Crippen LogP contribution is -2.49. The Bertz CT molecular complexity index is 179. The van der Waals surface area contributed by atoms with Gasteiger partial charge in [0.1, 0.15) is 0 Å². The molecule has 2 aliphatic rings. The van der Waals surface area contributed by atoms with Gasteiger partial charge in [-0.3, -0.25) is 4.90 Å². The first-order valence-electron chi connectivity index (χ1n) is 6.18. The highest BCUT2D eigenvalue weighted by molar-refractivity contribution is 4.91. The summed E-state index contributed by atoms with van der Waals surface area (Å²) in [6.07, 6.45) is 6.06. The van der Waals surface area contributed by atoms with E-state index in [0.717, 1.165) is 18.6 Å². The van der Waals surface area contributed by atoms with Crippen LogP contribution in [0.3, 0.4) is 0 Å². The van der Waals surface area contributed by atoms with Crippen LogP contribution in [0.2, 0.25) is 0 Å². The summed E-state index contributed by atoms with van der Waals surface area (Å²) in [5, 5.41) is 0. The zero-order valence-electron chi connectivity index (χ0n) is 9.54. The summed E-state index contributed by atoms with van der Waals surface area (Å²) < 4.78 is 5.75. The topological polar surface area (TPSA) is 12.5 Å². The molecule has 2 fully saturated rings. The van der Waals surface area contributed by atoms with Gasteiger partial charge < -0.3 is 4.74 Å². The molecule has 1 aliphatic heterocycles. The van der Waals surface area contributed by atoms with E-state index >= 15 is 0 Å². The molecule has 1 heterocycles. The summed E-state index contributed by atoms with van der Waals surface area (Å²) in [5.74, 6) is 0.801. The van der Waals surface area contributed by atoms with Crippen molar-refractivity contribution in [3.63, 3.8) is 0 Å². The molecule has 2 heteroatoms. The Hall–Kier alpha value is -0.0800. The van der Waals surface area contributed by atoms with Crippen LogP contribution < -0.4 is 0 Å². The van der Waals surface area contributed by atoms with Crippen molar-refractivity contribution in [2.24, 2.45) is 5.92 Å². The lowest BCUT2D eigenvalue weighted by molar-refractivity contribution is -0.00900. The van der Waals surface area contributed by atoms with Crippen LogP contribution in [0.25, 0.3) is 0 Å². The molecule has 0 aromatic rings. The molecule has 0 aromatic carbocycles. The number of hydrogen-bond donors (Lipinski definition) is 0. The number of nitrogens with zero attached hydrogens (tertiary/aromatic N) is 1. The molecular formula is C12H23NO. The van der Waals surface area contributed by atoms with Gasteiger partial charge in [-0.1, -0.05) is 6.42 Å². The first-order chi connectivity index (χ1) is 6.83. The van der Waals surface area contributed by atoms with Crippen LogP contribution in [0.15, 0.2) is 0 Å². The molecule has 0 amide bonds. The van der Waals surface area contributed by atoms with Crippen LogP contribution in [0, 0.1) is 5.92 Å². The number of likely N-dealkylation sites (tertiary alicyclic amines) is 1. The van der Waals surface area contributed by atoms with Crippen LogP contribution in [0.5, 0.6) is 0 Å². The van der Waals surface area contributed by atoms with Crippen molar-refractivity contribution in [1.82, 2.24) is 4.90 Å². The minimum absolute atomic E-state index is 0.466. The minimum Gasteiger partial charge on any atom is -0.378 e. The van der Waals surface area contributed by atoms with Crippen molar-refractivity contribution in [3.8, 4) is 0 Å². The molecule has 3 atom stereocenters. The predicted octanol–water partition coefficient (Wildman–Crippen LogP) is 2.29. The van der Waals surface area contributed by atoms with E-state index < -0.39 is 0 Å². The fourth-order valence-electron chi connectivity index (χ4n) is 3.03. The van der Waals surface area contributed by atoms with E-state index in [1.807, 2.05) is 0 Å². The largest absolute Gasteiger partial charge is 0.378 e. The number of hydrogen-bond acceptors (Lipinski definition) is 2. The van der Waals surface area contributed by atoms with Gasteiger partial charge in [0, 0.05) is 18.6 Å². The Labute approximate surface area is 87.6 Å². The summed E-state index contributed by atoms with van der Waals surface area (Å²) in [6.45, 7) is 7.89. The molecular weight excluding hydrogens is 174 g/mol. The highest BCUT2D eigenvalue weighted by Crippen LogP contribution is 2.35. The smallest absolute Gasteiger partial charge is 0.0589 e. The number of ether oxygens (including phenoxy) is 1. The first kappa shape index (κ1) is 10.4. The Morgan fingerprint density at radius 2 is 2.07 bits per heavy atom. The van der Waals surface area contributed by atoms with Gasteiger partial charge in [-0.25, -0.2) is 0 Å². The quantitative estimate of drug-likeness (QED) is 0.685. The zero-order valence-corrected chi connectivity index (χ0v) is 9.54. The molecule has 2 rings (SSSR count). The normalized spacial score (nSPS) is 35.6. The Balaban J connectivity index is 1.88. The van der Waals surface area contributed by atoms with Crippen LogP contribution in [0.1, 0.15) is 39.5 Å². The van der Waals surface area contributed by atoms with Crippen LogP contribution in [-0.4, -0.2) is 36.7 Å². The SMILES string of the molecule is CCO[C@@H](C)[C@@H]1CCC[C@@H]1N1CCC1. The minimum atomic E-state index is 0.466. The van der Waals surface area contributed by atoms with E-state index in [0.29, 0.717) is 6.10 Å². The zero-order chi connectivity index (χ0) is 9.97. The predicted molar refractivity (Wildman–Crippen MR) is 58.4 cm³/mol. The first-order valence-corrected chi connectivity index (χ1v) is 6.18. The molecule has 14 heavy (non-hydrogen) atoms. The average molecular weight is 197 g/mol. The Morgan fingerprint density at radius 1 is 1.29 bits per heavy atom. The third-order valence-corrected chi connectivity index (χ3v) is 3.92. The molecule has 0 N–H and O–H groups in total. The molecule has 1 saturated heterocycles. The average Bonchev–Trinajstić information content (AvgIpc) is 2.50. The Morgan fingerprint density at radius 3 is 2.64 bits per heavy atom. The van der Waals surface area contributed by atoms with E-state index in [1.54, 1.807) is 0 Å². The third kappa shape index (κ3) is 1.96. The van der Waals surface area contributed by atoms with Gasteiger partial charge >= 0.3 is 0 Å². The molecule has 0 spiro atoms. The van der Waals surface area contributed by atoms with Crippen LogP contribution >= 0.6 is 0 Å². The lowest BCUT2D eigenvalue weighted by Gasteiger charge is -2.41. The maximum Gasteiger partial charge on any atom is 0.0589 e. The second-order valence-corrected chi connectivity index (χ2v) is 4.71. The van der Waals surface area contributed by atoms with E-state index in [9.17, 15) is 0 Å². The fraction of sp³-hybridized carbons (Fsp3) is 1.00. The van der Waals surface area contributed by atoms with Crippen molar-refractivity contribution >= 4 is 0 Å². The second kappa shape index (κ2) is 4.63. The van der Waals surface area contributed by atoms with Crippen molar-refractivity contribution in [2.75, 3.05) is 19.7 Å². The van der Waals surface area contributed by atoms with Gasteiger partial charge in [0.15, 0.2) is 0 Å². The van der Waals surface area contributed by atoms with Gasteiger partial charge in [-0.05, 0) is 46.2 Å². The van der Waals surface area contributed by atoms with E-state index in [-0.39, 0.29) is 0 Å². The molecule has 0 aromatic heterocycles. The van der Waals surface area contributed by atoms with Gasteiger partial charge in [-0.2, -0.15) is 0 Å². The monoisotopic (exact) mass is 197 g/mol. The molecule has 0 bridgehead atoms. The van der Waals surface area contributed by atoms with Crippen molar-refractivity contribution in [2.45, 2.75) is 51.7 Å². The third-order valence-electron chi connectivity index (χ3n) is 3.92. The maximum atomic E-state index is 5.75. The summed E-state index contributed by atoms with van der Waals surface area (Å²) in [6, 6.07) is 0.838. The molecule has 1 aliphatic carbocycles. The molecule has 0 radical (unpaired) electrons. The Kier molecular flexibility index (Phi) is 3.45. The second-order valence-electron chi connectivity index (χ2n) is 4.71. The highest BCUT2D eigenvalue weighted by Gasteiger charge is 2.37. The summed E-state index contributed by atoms with van der Waals surface area (Å²) in [5.41, 5.74) is 0. The summed E-state index contributed by atoms with van der Waals surface area (Å²) in [7, 11) is 0. The molecule has 82 valence electrons. The molecule has 0 unspecified atom stereocenters. The summed E-state index contributed by atoms with van der Waals surface area (Å²) >= 11 is 0. The molecule has 2 nitrogen and oxygen atoms in total. The van der Waals surface area contributed by atoms with E-state index in [4.69, 9.17) is 4.74 Å². The van der Waals surface area contributed by atoms with Gasteiger partial charge in [0.2, 0.25) is 0 Å². The standard InChI is InChI=1S/C12H23NO/c1-3-14-10(2)11-6-4-7-12(11)13-8-5-9-13/h10-12H,3-9H2,1-2H3/t10-,11-,12-/m0/s1. The van der Waals surface area contributed by atoms with Crippen molar-refractivity contribution in [3.05, 3.63) is 0 Å². The summed E-state index contributed by atoms with van der Waals surface area (Å²) in [4.78, 5) is 2.66. The van der Waals surface area contributed by atoms with Gasteiger partial charge in [0.05, 0.1) is 6.10 Å².